The molecule has 2 rings (SSSR count). The van der Waals surface area contributed by atoms with Crippen molar-refractivity contribution in [3.8, 4) is 5.88 Å². The van der Waals surface area contributed by atoms with Gasteiger partial charge in [0.25, 0.3) is 0 Å². The van der Waals surface area contributed by atoms with Crippen molar-refractivity contribution in [1.82, 2.24) is 15.6 Å². The summed E-state index contributed by atoms with van der Waals surface area (Å²) in [7, 11) is 0. The third kappa shape index (κ3) is 4.72. The number of urea groups is 1. The van der Waals surface area contributed by atoms with Crippen molar-refractivity contribution < 1.29 is 9.53 Å². The Morgan fingerprint density at radius 2 is 2.20 bits per heavy atom. The van der Waals surface area contributed by atoms with Crippen LogP contribution in [0.5, 0.6) is 5.88 Å². The molecule has 1 fully saturated rings. The number of carbonyl (C=O) groups is 1. The van der Waals surface area contributed by atoms with Crippen LogP contribution < -0.4 is 15.4 Å². The molecule has 1 heterocycles. The Morgan fingerprint density at radius 1 is 1.40 bits per heavy atom. The average molecular weight is 277 g/mol. The van der Waals surface area contributed by atoms with Crippen LogP contribution >= 0.6 is 0 Å². The Bertz CT molecular complexity index is 414. The molecule has 1 aromatic heterocycles. The summed E-state index contributed by atoms with van der Waals surface area (Å²) in [6.45, 7) is 3.22. The summed E-state index contributed by atoms with van der Waals surface area (Å²) in [6, 6.07) is 4.01. The lowest BCUT2D eigenvalue weighted by atomic mass is 10.2. The van der Waals surface area contributed by atoms with Crippen LogP contribution in [0.4, 0.5) is 4.79 Å². The number of aromatic nitrogens is 1. The summed E-state index contributed by atoms with van der Waals surface area (Å²) in [5.41, 5.74) is 0.968. The highest BCUT2D eigenvalue weighted by Crippen LogP contribution is 2.17. The molecular weight excluding hydrogens is 254 g/mol. The largest absolute Gasteiger partial charge is 0.478 e. The third-order valence-corrected chi connectivity index (χ3v) is 3.40. The fraction of sp³-hybridized carbons (Fsp3) is 0.600. The molecule has 1 saturated carbocycles. The second-order valence-electron chi connectivity index (χ2n) is 5.16. The van der Waals surface area contributed by atoms with Crippen molar-refractivity contribution >= 4 is 6.03 Å². The summed E-state index contributed by atoms with van der Waals surface area (Å²) in [5, 5.41) is 5.85. The van der Waals surface area contributed by atoms with Crippen molar-refractivity contribution in [2.24, 2.45) is 0 Å². The van der Waals surface area contributed by atoms with E-state index in [1.165, 1.54) is 12.8 Å². The van der Waals surface area contributed by atoms with Gasteiger partial charge in [0.15, 0.2) is 0 Å². The van der Waals surface area contributed by atoms with Gasteiger partial charge in [0, 0.05) is 24.8 Å². The van der Waals surface area contributed by atoms with Crippen LogP contribution in [0.25, 0.3) is 0 Å². The number of nitrogens with one attached hydrogen (secondary N) is 2. The van der Waals surface area contributed by atoms with Crippen molar-refractivity contribution in [2.45, 2.75) is 51.6 Å². The lowest BCUT2D eigenvalue weighted by Gasteiger charge is -2.13. The molecule has 0 radical (unpaired) electrons. The molecule has 1 aromatic rings. The van der Waals surface area contributed by atoms with E-state index in [0.29, 0.717) is 25.1 Å². The number of hydrogen-bond donors (Lipinski definition) is 2. The zero-order valence-corrected chi connectivity index (χ0v) is 12.0. The molecule has 0 saturated heterocycles. The summed E-state index contributed by atoms with van der Waals surface area (Å²) in [6.07, 6.45) is 7.33. The quantitative estimate of drug-likeness (QED) is 0.840. The van der Waals surface area contributed by atoms with Crippen LogP contribution in [0.2, 0.25) is 0 Å². The van der Waals surface area contributed by atoms with Crippen LogP contribution in [-0.4, -0.2) is 23.7 Å². The molecule has 20 heavy (non-hydrogen) atoms. The molecule has 1 aliphatic carbocycles. The summed E-state index contributed by atoms with van der Waals surface area (Å²) < 4.78 is 5.41. The van der Waals surface area contributed by atoms with Crippen molar-refractivity contribution in [3.63, 3.8) is 0 Å². The van der Waals surface area contributed by atoms with Crippen LogP contribution in [0.3, 0.4) is 0 Å². The maximum absolute atomic E-state index is 11.7. The lowest BCUT2D eigenvalue weighted by molar-refractivity contribution is 0.236. The topological polar surface area (TPSA) is 63.2 Å². The third-order valence-electron chi connectivity index (χ3n) is 3.40. The van der Waals surface area contributed by atoms with Crippen LogP contribution in [0.1, 0.15) is 44.6 Å². The smallest absolute Gasteiger partial charge is 0.315 e. The van der Waals surface area contributed by atoms with Crippen LogP contribution in [-0.2, 0) is 6.54 Å². The molecule has 0 bridgehead atoms. The van der Waals surface area contributed by atoms with Gasteiger partial charge in [-0.05, 0) is 24.8 Å². The molecule has 2 N–H and O–H groups in total. The van der Waals surface area contributed by atoms with E-state index >= 15 is 0 Å². The monoisotopic (exact) mass is 277 g/mol. The highest BCUT2D eigenvalue weighted by molar-refractivity contribution is 5.74. The van der Waals surface area contributed by atoms with Crippen LogP contribution in [0, 0.1) is 0 Å². The first-order valence-corrected chi connectivity index (χ1v) is 7.40. The maximum atomic E-state index is 11.7. The molecule has 5 heteroatoms. The van der Waals surface area contributed by atoms with Gasteiger partial charge in [-0.2, -0.15) is 0 Å². The molecule has 0 aromatic carbocycles. The first-order chi connectivity index (χ1) is 9.78. The lowest BCUT2D eigenvalue weighted by Crippen LogP contribution is -2.40. The van der Waals surface area contributed by atoms with Gasteiger partial charge in [-0.3, -0.25) is 0 Å². The number of hydrogen-bond acceptors (Lipinski definition) is 3. The molecule has 1 aliphatic rings. The Morgan fingerprint density at radius 3 is 2.85 bits per heavy atom. The van der Waals surface area contributed by atoms with Gasteiger partial charge in [-0.1, -0.05) is 25.8 Å². The van der Waals surface area contributed by atoms with E-state index in [1.807, 2.05) is 12.1 Å². The van der Waals surface area contributed by atoms with Gasteiger partial charge in [0.2, 0.25) is 5.88 Å². The number of rotatable bonds is 6. The highest BCUT2D eigenvalue weighted by atomic mass is 16.5. The molecule has 5 nitrogen and oxygen atoms in total. The standard InChI is InChI=1S/C15H23N3O2/c1-2-9-20-14-8-7-12(10-16-14)11-17-15(19)18-13-5-3-4-6-13/h7-8,10,13H,2-6,9,11H2,1H3,(H2,17,18,19). The van der Waals surface area contributed by atoms with E-state index in [4.69, 9.17) is 4.74 Å². The minimum Gasteiger partial charge on any atom is -0.478 e. The average Bonchev–Trinajstić information content (AvgIpc) is 2.97. The number of nitrogens with zero attached hydrogens (tertiary/aromatic N) is 1. The Labute approximate surface area is 120 Å². The van der Waals surface area contributed by atoms with Crippen molar-refractivity contribution in [3.05, 3.63) is 23.9 Å². The van der Waals surface area contributed by atoms with Gasteiger partial charge in [0.1, 0.15) is 0 Å². The first kappa shape index (κ1) is 14.6. The van der Waals surface area contributed by atoms with E-state index in [2.05, 4.69) is 22.5 Å². The first-order valence-electron chi connectivity index (χ1n) is 7.40. The Kier molecular flexibility index (Phi) is 5.65. The Balaban J connectivity index is 1.71. The van der Waals surface area contributed by atoms with Crippen molar-refractivity contribution in [1.29, 1.82) is 0 Å². The van der Waals surface area contributed by atoms with Gasteiger partial charge >= 0.3 is 6.03 Å². The molecule has 2 amide bonds. The van der Waals surface area contributed by atoms with E-state index in [9.17, 15) is 4.79 Å². The van der Waals surface area contributed by atoms with Gasteiger partial charge in [-0.25, -0.2) is 9.78 Å². The molecule has 0 spiro atoms. The zero-order chi connectivity index (χ0) is 14.2. The van der Waals surface area contributed by atoms with E-state index in [0.717, 1.165) is 24.8 Å². The fourth-order valence-corrected chi connectivity index (χ4v) is 2.30. The minimum absolute atomic E-state index is 0.0943. The second kappa shape index (κ2) is 7.72. The molecule has 110 valence electrons. The predicted molar refractivity (Wildman–Crippen MR) is 77.7 cm³/mol. The van der Waals surface area contributed by atoms with Gasteiger partial charge in [0.05, 0.1) is 6.61 Å². The normalized spacial score (nSPS) is 15.1. The summed E-state index contributed by atoms with van der Waals surface area (Å²) >= 11 is 0. The minimum atomic E-state index is -0.0943. The Hall–Kier alpha value is -1.78. The summed E-state index contributed by atoms with van der Waals surface area (Å²) in [4.78, 5) is 15.9. The van der Waals surface area contributed by atoms with E-state index < -0.39 is 0 Å². The number of carbonyl (C=O) groups excluding carboxylic acids is 1. The molecule has 0 unspecified atom stereocenters. The predicted octanol–water partition coefficient (Wildman–Crippen LogP) is 2.61. The molecule has 0 atom stereocenters. The van der Waals surface area contributed by atoms with Gasteiger partial charge in [-0.15, -0.1) is 0 Å². The number of amides is 2. The van der Waals surface area contributed by atoms with E-state index in [1.54, 1.807) is 6.20 Å². The molecular formula is C15H23N3O2. The fourth-order valence-electron chi connectivity index (χ4n) is 2.30. The zero-order valence-electron chi connectivity index (χ0n) is 12.0. The SMILES string of the molecule is CCCOc1ccc(CNC(=O)NC2CCCC2)cn1. The molecule has 0 aliphatic heterocycles. The van der Waals surface area contributed by atoms with Crippen molar-refractivity contribution in [2.75, 3.05) is 6.61 Å². The second-order valence-corrected chi connectivity index (χ2v) is 5.16. The van der Waals surface area contributed by atoms with Gasteiger partial charge < -0.3 is 15.4 Å². The van der Waals surface area contributed by atoms with E-state index in [-0.39, 0.29) is 6.03 Å². The van der Waals surface area contributed by atoms with Crippen LogP contribution in [0.15, 0.2) is 18.3 Å². The summed E-state index contributed by atoms with van der Waals surface area (Å²) in [5.74, 6) is 0.631. The maximum Gasteiger partial charge on any atom is 0.315 e. The number of pyridine rings is 1. The highest BCUT2D eigenvalue weighted by Gasteiger charge is 2.16. The number of ether oxygens (including phenoxy) is 1.